The van der Waals surface area contributed by atoms with E-state index in [0.717, 1.165) is 36.7 Å². The summed E-state index contributed by atoms with van der Waals surface area (Å²) in [7, 11) is 1.64. The van der Waals surface area contributed by atoms with Crippen molar-refractivity contribution >= 4 is 5.97 Å². The Hall–Kier alpha value is -1.75. The number of carbonyl (C=O) groups is 1. The predicted molar refractivity (Wildman–Crippen MR) is 84.4 cm³/mol. The number of para-hydroxylation sites is 1. The zero-order chi connectivity index (χ0) is 16.1. The molecule has 1 aromatic carbocycles. The molecule has 2 rings (SSSR count). The zero-order valence-corrected chi connectivity index (χ0v) is 13.5. The molecule has 0 spiro atoms. The van der Waals surface area contributed by atoms with Gasteiger partial charge in [-0.1, -0.05) is 12.1 Å². The third kappa shape index (κ3) is 4.13. The lowest BCUT2D eigenvalue weighted by Gasteiger charge is -2.30. The van der Waals surface area contributed by atoms with Crippen molar-refractivity contribution in [1.82, 2.24) is 4.90 Å². The molecule has 1 aliphatic heterocycles. The van der Waals surface area contributed by atoms with E-state index in [9.17, 15) is 4.79 Å². The van der Waals surface area contributed by atoms with Crippen LogP contribution >= 0.6 is 0 Å². The molecule has 1 N–H and O–H groups in total. The van der Waals surface area contributed by atoms with E-state index in [1.165, 1.54) is 0 Å². The summed E-state index contributed by atoms with van der Waals surface area (Å²) in [6.45, 7) is 6.35. The van der Waals surface area contributed by atoms with Gasteiger partial charge in [0.15, 0.2) is 11.5 Å². The van der Waals surface area contributed by atoms with Crippen molar-refractivity contribution in [2.24, 2.45) is 5.92 Å². The Bertz CT molecular complexity index is 507. The maximum Gasteiger partial charge on any atom is 0.306 e. The molecule has 0 aliphatic carbocycles. The SMILES string of the molecule is COc1cccc(CN2CCC(C(=O)O)CC2)c1OC(C)C. The number of methoxy groups -OCH3 is 1. The van der Waals surface area contributed by atoms with Crippen LogP contribution in [0.15, 0.2) is 18.2 Å². The maximum absolute atomic E-state index is 11.0. The summed E-state index contributed by atoms with van der Waals surface area (Å²) < 4.78 is 11.3. The molecule has 5 heteroatoms. The van der Waals surface area contributed by atoms with E-state index in [2.05, 4.69) is 4.90 Å². The lowest BCUT2D eigenvalue weighted by molar-refractivity contribution is -0.143. The molecule has 0 bridgehead atoms. The second-order valence-corrected chi connectivity index (χ2v) is 6.00. The second kappa shape index (κ2) is 7.49. The topological polar surface area (TPSA) is 59.0 Å². The number of carboxylic acids is 1. The average molecular weight is 307 g/mol. The number of nitrogens with zero attached hydrogens (tertiary/aromatic N) is 1. The van der Waals surface area contributed by atoms with Crippen molar-refractivity contribution in [2.75, 3.05) is 20.2 Å². The first-order chi connectivity index (χ1) is 10.5. The standard InChI is InChI=1S/C17H25NO4/c1-12(2)22-16-14(5-4-6-15(16)21-3)11-18-9-7-13(8-10-18)17(19)20/h4-6,12-13H,7-11H2,1-3H3,(H,19,20). The van der Waals surface area contributed by atoms with Gasteiger partial charge < -0.3 is 14.6 Å². The minimum atomic E-state index is -0.676. The lowest BCUT2D eigenvalue weighted by Crippen LogP contribution is -2.36. The Kier molecular flexibility index (Phi) is 5.66. The van der Waals surface area contributed by atoms with Gasteiger partial charge in [-0.15, -0.1) is 0 Å². The van der Waals surface area contributed by atoms with Crippen molar-refractivity contribution in [2.45, 2.75) is 39.3 Å². The highest BCUT2D eigenvalue weighted by Gasteiger charge is 2.25. The summed E-state index contributed by atoms with van der Waals surface area (Å²) in [5, 5.41) is 9.07. The molecular formula is C17H25NO4. The van der Waals surface area contributed by atoms with Gasteiger partial charge >= 0.3 is 5.97 Å². The van der Waals surface area contributed by atoms with Crippen molar-refractivity contribution in [3.63, 3.8) is 0 Å². The van der Waals surface area contributed by atoms with Gasteiger partial charge in [-0.05, 0) is 45.8 Å². The number of carboxylic acid groups (broad SMARTS) is 1. The fourth-order valence-electron chi connectivity index (χ4n) is 2.79. The van der Waals surface area contributed by atoms with Crippen molar-refractivity contribution in [3.8, 4) is 11.5 Å². The molecule has 0 atom stereocenters. The molecule has 5 nitrogen and oxygen atoms in total. The molecule has 122 valence electrons. The number of piperidine rings is 1. The van der Waals surface area contributed by atoms with Crippen molar-refractivity contribution in [1.29, 1.82) is 0 Å². The zero-order valence-electron chi connectivity index (χ0n) is 13.5. The van der Waals surface area contributed by atoms with Crippen LogP contribution in [0.25, 0.3) is 0 Å². The maximum atomic E-state index is 11.0. The fraction of sp³-hybridized carbons (Fsp3) is 0.588. The fourth-order valence-corrected chi connectivity index (χ4v) is 2.79. The average Bonchev–Trinajstić information content (AvgIpc) is 2.49. The van der Waals surface area contributed by atoms with Gasteiger partial charge in [0.25, 0.3) is 0 Å². The number of benzene rings is 1. The summed E-state index contributed by atoms with van der Waals surface area (Å²) in [6, 6.07) is 5.91. The Morgan fingerprint density at radius 1 is 1.36 bits per heavy atom. The molecule has 0 amide bonds. The molecular weight excluding hydrogens is 282 g/mol. The van der Waals surface area contributed by atoms with Crippen LogP contribution in [0, 0.1) is 5.92 Å². The Morgan fingerprint density at radius 2 is 2.05 bits per heavy atom. The van der Waals surface area contributed by atoms with Crippen LogP contribution in [0.1, 0.15) is 32.3 Å². The molecule has 22 heavy (non-hydrogen) atoms. The van der Waals surface area contributed by atoms with Gasteiger partial charge in [0.2, 0.25) is 0 Å². The first-order valence-electron chi connectivity index (χ1n) is 7.79. The highest BCUT2D eigenvalue weighted by molar-refractivity contribution is 5.70. The predicted octanol–water partition coefficient (Wildman–Crippen LogP) is 2.78. The Balaban J connectivity index is 2.08. The van der Waals surface area contributed by atoms with Crippen LogP contribution < -0.4 is 9.47 Å². The van der Waals surface area contributed by atoms with Gasteiger partial charge in [-0.2, -0.15) is 0 Å². The molecule has 1 aliphatic rings. The molecule has 1 aromatic rings. The van der Waals surface area contributed by atoms with Gasteiger partial charge in [0, 0.05) is 12.1 Å². The van der Waals surface area contributed by atoms with E-state index in [4.69, 9.17) is 14.6 Å². The first-order valence-corrected chi connectivity index (χ1v) is 7.79. The molecule has 0 radical (unpaired) electrons. The molecule has 0 aromatic heterocycles. The highest BCUT2D eigenvalue weighted by atomic mass is 16.5. The molecule has 0 saturated carbocycles. The van der Waals surface area contributed by atoms with Crippen LogP contribution in [-0.2, 0) is 11.3 Å². The van der Waals surface area contributed by atoms with Crippen LogP contribution in [0.3, 0.4) is 0 Å². The Labute approximate surface area is 131 Å². The minimum Gasteiger partial charge on any atom is -0.493 e. The van der Waals surface area contributed by atoms with E-state index in [1.807, 2.05) is 32.0 Å². The van der Waals surface area contributed by atoms with Crippen LogP contribution in [0.2, 0.25) is 0 Å². The first kappa shape index (κ1) is 16.6. The number of ether oxygens (including phenoxy) is 2. The van der Waals surface area contributed by atoms with Crippen molar-refractivity contribution < 1.29 is 19.4 Å². The second-order valence-electron chi connectivity index (χ2n) is 6.00. The van der Waals surface area contributed by atoms with Crippen LogP contribution in [0.4, 0.5) is 0 Å². The highest BCUT2D eigenvalue weighted by Crippen LogP contribution is 2.33. The normalized spacial score (nSPS) is 16.7. The minimum absolute atomic E-state index is 0.0767. The third-order valence-corrected chi connectivity index (χ3v) is 3.96. The van der Waals surface area contributed by atoms with E-state index >= 15 is 0 Å². The van der Waals surface area contributed by atoms with Crippen LogP contribution in [-0.4, -0.2) is 42.3 Å². The number of hydrogen-bond donors (Lipinski definition) is 1. The van der Waals surface area contributed by atoms with Crippen molar-refractivity contribution in [3.05, 3.63) is 23.8 Å². The number of hydrogen-bond acceptors (Lipinski definition) is 4. The summed E-state index contributed by atoms with van der Waals surface area (Å²) >= 11 is 0. The molecule has 0 unspecified atom stereocenters. The van der Waals surface area contributed by atoms with Gasteiger partial charge in [0.05, 0.1) is 19.1 Å². The van der Waals surface area contributed by atoms with Gasteiger partial charge in [-0.3, -0.25) is 9.69 Å². The quantitative estimate of drug-likeness (QED) is 0.875. The van der Waals surface area contributed by atoms with E-state index in [1.54, 1.807) is 7.11 Å². The van der Waals surface area contributed by atoms with E-state index in [-0.39, 0.29) is 12.0 Å². The largest absolute Gasteiger partial charge is 0.493 e. The summed E-state index contributed by atoms with van der Waals surface area (Å²) in [5.74, 6) is 0.657. The van der Waals surface area contributed by atoms with E-state index < -0.39 is 5.97 Å². The summed E-state index contributed by atoms with van der Waals surface area (Å²) in [4.78, 5) is 13.3. The lowest BCUT2D eigenvalue weighted by atomic mass is 9.97. The van der Waals surface area contributed by atoms with Crippen LogP contribution in [0.5, 0.6) is 11.5 Å². The number of likely N-dealkylation sites (tertiary alicyclic amines) is 1. The molecule has 1 saturated heterocycles. The summed E-state index contributed by atoms with van der Waals surface area (Å²) in [5.41, 5.74) is 1.09. The smallest absolute Gasteiger partial charge is 0.306 e. The summed E-state index contributed by atoms with van der Waals surface area (Å²) in [6.07, 6.45) is 1.49. The number of aliphatic carboxylic acids is 1. The number of rotatable bonds is 6. The molecule has 1 fully saturated rings. The third-order valence-electron chi connectivity index (χ3n) is 3.96. The van der Waals surface area contributed by atoms with E-state index in [0.29, 0.717) is 12.8 Å². The Morgan fingerprint density at radius 3 is 2.59 bits per heavy atom. The monoisotopic (exact) mass is 307 g/mol. The van der Waals surface area contributed by atoms with Gasteiger partial charge in [-0.25, -0.2) is 0 Å². The van der Waals surface area contributed by atoms with Gasteiger partial charge in [0.1, 0.15) is 0 Å². The molecule has 1 heterocycles.